The number of anilines is 1. The van der Waals surface area contributed by atoms with Gasteiger partial charge in [-0.2, -0.15) is 0 Å². The lowest BCUT2D eigenvalue weighted by Crippen LogP contribution is -2.36. The van der Waals surface area contributed by atoms with Crippen molar-refractivity contribution in [2.75, 3.05) is 31.2 Å². The first-order valence-corrected chi connectivity index (χ1v) is 6.84. The number of nitrogens with one attached hydrogen (secondary N) is 1. The van der Waals surface area contributed by atoms with Crippen LogP contribution in [0.1, 0.15) is 0 Å². The summed E-state index contributed by atoms with van der Waals surface area (Å²) in [5.41, 5.74) is 2.60. The maximum absolute atomic E-state index is 5.41. The molecule has 1 aliphatic rings. The molecule has 106 valence electrons. The van der Waals surface area contributed by atoms with Gasteiger partial charge in [0.2, 0.25) is 0 Å². The molecule has 1 aliphatic heterocycles. The Balaban J connectivity index is 1.89. The van der Waals surface area contributed by atoms with Crippen LogP contribution in [0.4, 0.5) is 5.82 Å². The normalized spacial score (nSPS) is 15.5. The zero-order valence-electron chi connectivity index (χ0n) is 11.4. The van der Waals surface area contributed by atoms with E-state index in [1.165, 1.54) is 0 Å². The number of morpholine rings is 1. The number of rotatable bonds is 2. The fourth-order valence-corrected chi connectivity index (χ4v) is 2.60. The van der Waals surface area contributed by atoms with E-state index in [4.69, 9.17) is 4.74 Å². The van der Waals surface area contributed by atoms with Gasteiger partial charge >= 0.3 is 0 Å². The maximum atomic E-state index is 5.41. The first kappa shape index (κ1) is 12.2. The lowest BCUT2D eigenvalue weighted by Gasteiger charge is -2.28. The molecule has 0 radical (unpaired) electrons. The van der Waals surface area contributed by atoms with Crippen LogP contribution in [0.15, 0.2) is 31.1 Å². The van der Waals surface area contributed by atoms with Gasteiger partial charge in [-0.1, -0.05) is 0 Å². The molecular formula is C14H14N6O. The number of nitrogens with zero attached hydrogens (tertiary/aromatic N) is 5. The smallest absolute Gasteiger partial charge is 0.143 e. The Morgan fingerprint density at radius 3 is 2.81 bits per heavy atom. The Morgan fingerprint density at radius 2 is 2.00 bits per heavy atom. The third-order valence-electron chi connectivity index (χ3n) is 3.60. The van der Waals surface area contributed by atoms with Crippen LogP contribution in [-0.2, 0) is 4.74 Å². The number of aromatic amines is 1. The van der Waals surface area contributed by atoms with E-state index in [1.54, 1.807) is 24.9 Å². The van der Waals surface area contributed by atoms with Crippen molar-refractivity contribution in [1.82, 2.24) is 24.9 Å². The van der Waals surface area contributed by atoms with Crippen molar-refractivity contribution >= 4 is 16.9 Å². The van der Waals surface area contributed by atoms with Crippen LogP contribution in [0.3, 0.4) is 0 Å². The standard InChI is InChI=1S/C14H14N6O/c1-2-16-11(8-15-1)10-7-17-13-12(10)14(19-9-18-13)20-3-5-21-6-4-20/h1-2,7-9H,3-6H2,(H,17,18,19). The summed E-state index contributed by atoms with van der Waals surface area (Å²) < 4.78 is 5.41. The molecule has 21 heavy (non-hydrogen) atoms. The summed E-state index contributed by atoms with van der Waals surface area (Å²) in [4.78, 5) is 22.7. The summed E-state index contributed by atoms with van der Waals surface area (Å²) in [5, 5.41) is 0.986. The highest BCUT2D eigenvalue weighted by molar-refractivity contribution is 6.00. The highest BCUT2D eigenvalue weighted by Crippen LogP contribution is 2.32. The Morgan fingerprint density at radius 1 is 1.10 bits per heavy atom. The van der Waals surface area contributed by atoms with Gasteiger partial charge in [-0.25, -0.2) is 9.97 Å². The second kappa shape index (κ2) is 5.10. The van der Waals surface area contributed by atoms with E-state index in [9.17, 15) is 0 Å². The van der Waals surface area contributed by atoms with Gasteiger partial charge in [0.05, 0.1) is 30.5 Å². The van der Waals surface area contributed by atoms with Crippen LogP contribution in [0, 0.1) is 0 Å². The highest BCUT2D eigenvalue weighted by Gasteiger charge is 2.19. The molecule has 0 bridgehead atoms. The van der Waals surface area contributed by atoms with Gasteiger partial charge in [0.15, 0.2) is 0 Å². The number of hydrogen-bond acceptors (Lipinski definition) is 6. The minimum absolute atomic E-state index is 0.719. The third-order valence-corrected chi connectivity index (χ3v) is 3.60. The van der Waals surface area contributed by atoms with Gasteiger partial charge in [0.25, 0.3) is 0 Å². The molecule has 0 atom stereocenters. The lowest BCUT2D eigenvalue weighted by atomic mass is 10.1. The second-order valence-electron chi connectivity index (χ2n) is 4.81. The van der Waals surface area contributed by atoms with E-state index in [0.29, 0.717) is 0 Å². The van der Waals surface area contributed by atoms with Crippen LogP contribution in [0.25, 0.3) is 22.3 Å². The predicted octanol–water partition coefficient (Wildman–Crippen LogP) is 1.25. The molecule has 0 saturated carbocycles. The fraction of sp³-hybridized carbons (Fsp3) is 0.286. The van der Waals surface area contributed by atoms with Crippen LogP contribution in [0.2, 0.25) is 0 Å². The number of ether oxygens (including phenoxy) is 1. The zero-order valence-corrected chi connectivity index (χ0v) is 11.4. The minimum atomic E-state index is 0.719. The number of fused-ring (bicyclic) bond motifs is 1. The SMILES string of the molecule is c1cnc(-c2c[nH]c3ncnc(N4CCOCC4)c23)cn1. The molecule has 0 aromatic carbocycles. The molecule has 0 amide bonds. The average molecular weight is 282 g/mol. The molecule has 1 N–H and O–H groups in total. The van der Waals surface area contributed by atoms with Crippen molar-refractivity contribution in [3.8, 4) is 11.3 Å². The number of H-pyrrole nitrogens is 1. The molecule has 0 unspecified atom stereocenters. The molecule has 0 spiro atoms. The maximum Gasteiger partial charge on any atom is 0.143 e. The third kappa shape index (κ3) is 2.11. The van der Waals surface area contributed by atoms with E-state index in [1.807, 2.05) is 6.20 Å². The van der Waals surface area contributed by atoms with Crippen LogP contribution in [-0.4, -0.2) is 51.2 Å². The highest BCUT2D eigenvalue weighted by atomic mass is 16.5. The van der Waals surface area contributed by atoms with Gasteiger partial charge in [-0.15, -0.1) is 0 Å². The van der Waals surface area contributed by atoms with Crippen LogP contribution in [0.5, 0.6) is 0 Å². The Bertz CT molecular complexity index is 751. The molecule has 4 heterocycles. The van der Waals surface area contributed by atoms with Crippen molar-refractivity contribution in [2.24, 2.45) is 0 Å². The van der Waals surface area contributed by atoms with Gasteiger partial charge in [0, 0.05) is 37.2 Å². The second-order valence-corrected chi connectivity index (χ2v) is 4.81. The molecule has 7 heteroatoms. The summed E-state index contributed by atoms with van der Waals surface area (Å²) in [6.07, 6.45) is 8.60. The van der Waals surface area contributed by atoms with Crippen molar-refractivity contribution in [3.63, 3.8) is 0 Å². The monoisotopic (exact) mass is 282 g/mol. The van der Waals surface area contributed by atoms with Crippen LogP contribution >= 0.6 is 0 Å². The van der Waals surface area contributed by atoms with Gasteiger partial charge in [-0.05, 0) is 0 Å². The molecular weight excluding hydrogens is 268 g/mol. The van der Waals surface area contributed by atoms with Gasteiger partial charge in [-0.3, -0.25) is 9.97 Å². The summed E-state index contributed by atoms with van der Waals surface area (Å²) in [7, 11) is 0. The average Bonchev–Trinajstić information content (AvgIpc) is 3.00. The summed E-state index contributed by atoms with van der Waals surface area (Å²) >= 11 is 0. The molecule has 3 aromatic rings. The Labute approximate surface area is 121 Å². The zero-order chi connectivity index (χ0) is 14.1. The summed E-state index contributed by atoms with van der Waals surface area (Å²) in [5.74, 6) is 0.921. The minimum Gasteiger partial charge on any atom is -0.378 e. The molecule has 7 nitrogen and oxygen atoms in total. The summed E-state index contributed by atoms with van der Waals surface area (Å²) in [6, 6.07) is 0. The molecule has 3 aromatic heterocycles. The summed E-state index contributed by atoms with van der Waals surface area (Å²) in [6.45, 7) is 3.10. The van der Waals surface area contributed by atoms with Crippen molar-refractivity contribution in [2.45, 2.75) is 0 Å². The Kier molecular flexibility index (Phi) is 2.97. The van der Waals surface area contributed by atoms with Crippen molar-refractivity contribution in [1.29, 1.82) is 0 Å². The van der Waals surface area contributed by atoms with E-state index in [2.05, 4.69) is 29.8 Å². The first-order chi connectivity index (χ1) is 10.4. The predicted molar refractivity (Wildman–Crippen MR) is 77.9 cm³/mol. The number of hydrogen-bond donors (Lipinski definition) is 1. The van der Waals surface area contributed by atoms with E-state index in [-0.39, 0.29) is 0 Å². The van der Waals surface area contributed by atoms with Crippen molar-refractivity contribution in [3.05, 3.63) is 31.1 Å². The fourth-order valence-electron chi connectivity index (χ4n) is 2.60. The first-order valence-electron chi connectivity index (χ1n) is 6.84. The van der Waals surface area contributed by atoms with Gasteiger partial charge in [0.1, 0.15) is 17.8 Å². The van der Waals surface area contributed by atoms with E-state index < -0.39 is 0 Å². The molecule has 4 rings (SSSR count). The van der Waals surface area contributed by atoms with Crippen LogP contribution < -0.4 is 4.90 Å². The topological polar surface area (TPSA) is 79.8 Å². The molecule has 0 aliphatic carbocycles. The quantitative estimate of drug-likeness (QED) is 0.762. The van der Waals surface area contributed by atoms with E-state index >= 15 is 0 Å². The largest absolute Gasteiger partial charge is 0.378 e. The lowest BCUT2D eigenvalue weighted by molar-refractivity contribution is 0.122. The van der Waals surface area contributed by atoms with Crippen molar-refractivity contribution < 1.29 is 4.74 Å². The van der Waals surface area contributed by atoms with E-state index in [0.717, 1.165) is 54.4 Å². The molecule has 1 saturated heterocycles. The number of aromatic nitrogens is 5. The van der Waals surface area contributed by atoms with Gasteiger partial charge < -0.3 is 14.6 Å². The Hall–Kier alpha value is -2.54. The molecule has 1 fully saturated rings.